The molecule has 0 bridgehead atoms. The van der Waals surface area contributed by atoms with Gasteiger partial charge in [-0.3, -0.25) is 14.9 Å². The maximum Gasteiger partial charge on any atom is 0.271 e. The SMILES string of the molecule is CCC1CCN(C(=O)c2cc([N+](=O)[O-])cc(Cl)c2N)C1. The van der Waals surface area contributed by atoms with Gasteiger partial charge in [-0.15, -0.1) is 0 Å². The fourth-order valence-corrected chi connectivity index (χ4v) is 2.62. The average molecular weight is 298 g/mol. The van der Waals surface area contributed by atoms with E-state index in [2.05, 4.69) is 6.92 Å². The molecule has 1 fully saturated rings. The Morgan fingerprint density at radius 2 is 2.30 bits per heavy atom. The molecule has 1 aliphatic heterocycles. The van der Waals surface area contributed by atoms with Gasteiger partial charge in [0.2, 0.25) is 0 Å². The Balaban J connectivity index is 2.32. The third kappa shape index (κ3) is 2.70. The first-order valence-electron chi connectivity index (χ1n) is 6.46. The fraction of sp³-hybridized carbons (Fsp3) is 0.462. The van der Waals surface area contributed by atoms with Crippen molar-refractivity contribution in [3.63, 3.8) is 0 Å². The van der Waals surface area contributed by atoms with Gasteiger partial charge in [0, 0.05) is 25.2 Å². The second-order valence-electron chi connectivity index (χ2n) is 4.96. The van der Waals surface area contributed by atoms with Crippen molar-refractivity contribution in [2.45, 2.75) is 19.8 Å². The zero-order chi connectivity index (χ0) is 14.9. The quantitative estimate of drug-likeness (QED) is 0.527. The maximum absolute atomic E-state index is 12.4. The summed E-state index contributed by atoms with van der Waals surface area (Å²) in [7, 11) is 0. The molecule has 0 spiro atoms. The van der Waals surface area contributed by atoms with Crippen LogP contribution in [-0.4, -0.2) is 28.8 Å². The first-order valence-corrected chi connectivity index (χ1v) is 6.84. The van der Waals surface area contributed by atoms with Gasteiger partial charge in [0.25, 0.3) is 11.6 Å². The van der Waals surface area contributed by atoms with Crippen molar-refractivity contribution in [1.29, 1.82) is 0 Å². The van der Waals surface area contributed by atoms with Gasteiger partial charge < -0.3 is 10.6 Å². The third-order valence-electron chi connectivity index (χ3n) is 3.71. The molecule has 0 aliphatic carbocycles. The Hall–Kier alpha value is -1.82. The number of nitro benzene ring substituents is 1. The zero-order valence-electron chi connectivity index (χ0n) is 11.1. The van der Waals surface area contributed by atoms with E-state index in [0.29, 0.717) is 19.0 Å². The fourth-order valence-electron chi connectivity index (χ4n) is 2.41. The monoisotopic (exact) mass is 297 g/mol. The zero-order valence-corrected chi connectivity index (χ0v) is 11.9. The lowest BCUT2D eigenvalue weighted by atomic mass is 10.1. The molecule has 1 amide bonds. The van der Waals surface area contributed by atoms with E-state index >= 15 is 0 Å². The predicted octanol–water partition coefficient (Wildman–Crippen LogP) is 2.70. The van der Waals surface area contributed by atoms with Gasteiger partial charge in [-0.1, -0.05) is 24.9 Å². The van der Waals surface area contributed by atoms with Crippen LogP contribution in [0.15, 0.2) is 12.1 Å². The van der Waals surface area contributed by atoms with Gasteiger partial charge >= 0.3 is 0 Å². The molecule has 6 nitrogen and oxygen atoms in total. The number of nitrogens with two attached hydrogens (primary N) is 1. The van der Waals surface area contributed by atoms with E-state index in [4.69, 9.17) is 17.3 Å². The molecule has 0 aromatic heterocycles. The Morgan fingerprint density at radius 1 is 1.60 bits per heavy atom. The number of likely N-dealkylation sites (tertiary alicyclic amines) is 1. The summed E-state index contributed by atoms with van der Waals surface area (Å²) in [4.78, 5) is 24.4. The van der Waals surface area contributed by atoms with Crippen LogP contribution in [0.2, 0.25) is 5.02 Å². The number of nitrogen functional groups attached to an aromatic ring is 1. The molecule has 20 heavy (non-hydrogen) atoms. The van der Waals surface area contributed by atoms with E-state index in [9.17, 15) is 14.9 Å². The van der Waals surface area contributed by atoms with Crippen LogP contribution in [0, 0.1) is 16.0 Å². The number of rotatable bonds is 3. The highest BCUT2D eigenvalue weighted by atomic mass is 35.5. The van der Waals surface area contributed by atoms with Crippen LogP contribution < -0.4 is 5.73 Å². The first-order chi connectivity index (χ1) is 9.43. The van der Waals surface area contributed by atoms with Gasteiger partial charge in [0.1, 0.15) is 0 Å². The maximum atomic E-state index is 12.4. The number of nitrogens with zero attached hydrogens (tertiary/aromatic N) is 2. The van der Waals surface area contributed by atoms with Crippen molar-refractivity contribution >= 4 is 28.9 Å². The summed E-state index contributed by atoms with van der Waals surface area (Å²) in [6.07, 6.45) is 1.96. The van der Waals surface area contributed by atoms with E-state index in [1.54, 1.807) is 4.90 Å². The number of hydrogen-bond donors (Lipinski definition) is 1. The molecule has 2 rings (SSSR count). The largest absolute Gasteiger partial charge is 0.397 e. The molecule has 1 unspecified atom stereocenters. The van der Waals surface area contributed by atoms with Crippen molar-refractivity contribution < 1.29 is 9.72 Å². The molecule has 0 saturated carbocycles. The molecular formula is C13H16ClN3O3. The lowest BCUT2D eigenvalue weighted by Crippen LogP contribution is -2.29. The number of hydrogen-bond acceptors (Lipinski definition) is 4. The Labute approximate surface area is 121 Å². The molecular weight excluding hydrogens is 282 g/mol. The van der Waals surface area contributed by atoms with Gasteiger partial charge in [-0.2, -0.15) is 0 Å². The first kappa shape index (κ1) is 14.6. The molecule has 7 heteroatoms. The Kier molecular flexibility index (Phi) is 4.13. The average Bonchev–Trinajstić information content (AvgIpc) is 2.89. The number of carbonyl (C=O) groups excluding carboxylic acids is 1. The van der Waals surface area contributed by atoms with Crippen LogP contribution in [0.4, 0.5) is 11.4 Å². The molecule has 108 valence electrons. The summed E-state index contributed by atoms with van der Waals surface area (Å²) in [6.45, 7) is 3.39. The summed E-state index contributed by atoms with van der Waals surface area (Å²) in [5.41, 5.74) is 5.77. The molecule has 1 atom stereocenters. The Morgan fingerprint density at radius 3 is 2.85 bits per heavy atom. The lowest BCUT2D eigenvalue weighted by Gasteiger charge is -2.17. The van der Waals surface area contributed by atoms with E-state index < -0.39 is 4.92 Å². The number of amides is 1. The van der Waals surface area contributed by atoms with Crippen molar-refractivity contribution in [1.82, 2.24) is 4.90 Å². The lowest BCUT2D eigenvalue weighted by molar-refractivity contribution is -0.384. The highest BCUT2D eigenvalue weighted by molar-refractivity contribution is 6.34. The summed E-state index contributed by atoms with van der Waals surface area (Å²) < 4.78 is 0. The Bertz CT molecular complexity index is 562. The van der Waals surface area contributed by atoms with Crippen molar-refractivity contribution in [2.24, 2.45) is 5.92 Å². The number of nitro groups is 1. The van der Waals surface area contributed by atoms with Crippen LogP contribution >= 0.6 is 11.6 Å². The molecule has 1 aromatic carbocycles. The minimum atomic E-state index is -0.582. The normalized spacial score (nSPS) is 18.3. The van der Waals surface area contributed by atoms with Crippen molar-refractivity contribution in [3.8, 4) is 0 Å². The summed E-state index contributed by atoms with van der Waals surface area (Å²) in [5.74, 6) is 0.193. The summed E-state index contributed by atoms with van der Waals surface area (Å²) in [5, 5.41) is 10.9. The predicted molar refractivity (Wildman–Crippen MR) is 76.8 cm³/mol. The number of non-ortho nitro benzene ring substituents is 1. The van der Waals surface area contributed by atoms with E-state index in [0.717, 1.165) is 18.9 Å². The van der Waals surface area contributed by atoms with Crippen LogP contribution in [0.5, 0.6) is 0 Å². The highest BCUT2D eigenvalue weighted by Gasteiger charge is 2.28. The number of carbonyl (C=O) groups is 1. The van der Waals surface area contributed by atoms with Crippen molar-refractivity contribution in [3.05, 3.63) is 32.8 Å². The van der Waals surface area contributed by atoms with Gasteiger partial charge in [-0.05, 0) is 12.3 Å². The number of anilines is 1. The van der Waals surface area contributed by atoms with Crippen LogP contribution in [0.25, 0.3) is 0 Å². The molecule has 2 N–H and O–H groups in total. The minimum absolute atomic E-state index is 0.0359. The second-order valence-corrected chi connectivity index (χ2v) is 5.37. The minimum Gasteiger partial charge on any atom is -0.397 e. The van der Waals surface area contributed by atoms with Gasteiger partial charge in [-0.25, -0.2) is 0 Å². The molecule has 1 aliphatic rings. The van der Waals surface area contributed by atoms with E-state index in [1.165, 1.54) is 6.07 Å². The third-order valence-corrected chi connectivity index (χ3v) is 4.02. The second kappa shape index (κ2) is 5.66. The standard InChI is InChI=1S/C13H16ClN3O3/c1-2-8-3-4-16(7-8)13(18)10-5-9(17(19)20)6-11(14)12(10)15/h5-6,8H,2-4,7,15H2,1H3. The summed E-state index contributed by atoms with van der Waals surface area (Å²) >= 11 is 5.87. The smallest absolute Gasteiger partial charge is 0.271 e. The highest BCUT2D eigenvalue weighted by Crippen LogP contribution is 2.31. The van der Waals surface area contributed by atoms with Gasteiger partial charge in [0.15, 0.2) is 0 Å². The number of halogens is 1. The number of benzene rings is 1. The molecule has 1 saturated heterocycles. The van der Waals surface area contributed by atoms with Crippen molar-refractivity contribution in [2.75, 3.05) is 18.8 Å². The van der Waals surface area contributed by atoms with Crippen LogP contribution in [-0.2, 0) is 0 Å². The topological polar surface area (TPSA) is 89.5 Å². The summed E-state index contributed by atoms with van der Waals surface area (Å²) in [6, 6.07) is 2.36. The van der Waals surface area contributed by atoms with Crippen LogP contribution in [0.1, 0.15) is 30.1 Å². The molecule has 0 radical (unpaired) electrons. The molecule has 1 aromatic rings. The van der Waals surface area contributed by atoms with Crippen LogP contribution in [0.3, 0.4) is 0 Å². The van der Waals surface area contributed by atoms with E-state index in [1.807, 2.05) is 0 Å². The van der Waals surface area contributed by atoms with Gasteiger partial charge in [0.05, 0.1) is 21.2 Å². The van der Waals surface area contributed by atoms with E-state index in [-0.39, 0.29) is 27.9 Å². The molecule has 1 heterocycles.